The fourth-order valence-electron chi connectivity index (χ4n) is 3.93. The number of likely N-dealkylation sites (tertiary alicyclic amines) is 1. The van der Waals surface area contributed by atoms with E-state index in [-0.39, 0.29) is 30.3 Å². The van der Waals surface area contributed by atoms with Gasteiger partial charge in [-0.2, -0.15) is 5.26 Å². The largest absolute Gasteiger partial charge is 0.352 e. The molecule has 1 aromatic rings. The van der Waals surface area contributed by atoms with Gasteiger partial charge in [0.25, 0.3) is 0 Å². The van der Waals surface area contributed by atoms with Crippen LogP contribution in [0.25, 0.3) is 0 Å². The van der Waals surface area contributed by atoms with Crippen molar-refractivity contribution in [2.24, 2.45) is 24.8 Å². The van der Waals surface area contributed by atoms with Crippen LogP contribution in [0.1, 0.15) is 44.4 Å². The predicted molar refractivity (Wildman–Crippen MR) is 100 cm³/mol. The van der Waals surface area contributed by atoms with Crippen LogP contribution < -0.4 is 5.32 Å². The zero-order chi connectivity index (χ0) is 17.3. The van der Waals surface area contributed by atoms with E-state index in [0.29, 0.717) is 17.5 Å². The van der Waals surface area contributed by atoms with Gasteiger partial charge in [-0.25, -0.2) is 0 Å². The number of carbonyl (C=O) groups excluding carboxylic acids is 1. The van der Waals surface area contributed by atoms with E-state index < -0.39 is 0 Å². The first kappa shape index (κ1) is 19.8. The fourth-order valence-corrected chi connectivity index (χ4v) is 3.93. The molecule has 0 spiro atoms. The summed E-state index contributed by atoms with van der Waals surface area (Å²) < 4.78 is 1.88. The molecular formula is C19H29ClN4O. The number of rotatable bonds is 5. The molecule has 1 aromatic heterocycles. The van der Waals surface area contributed by atoms with E-state index in [1.165, 1.54) is 12.0 Å². The van der Waals surface area contributed by atoms with Crippen molar-refractivity contribution < 1.29 is 4.79 Å². The predicted octanol–water partition coefficient (Wildman–Crippen LogP) is 2.69. The van der Waals surface area contributed by atoms with Crippen LogP contribution in [0.15, 0.2) is 12.3 Å². The molecule has 1 aliphatic carbocycles. The summed E-state index contributed by atoms with van der Waals surface area (Å²) in [6.45, 7) is 7.23. The third-order valence-electron chi connectivity index (χ3n) is 5.68. The lowest BCUT2D eigenvalue weighted by Gasteiger charge is -2.29. The van der Waals surface area contributed by atoms with Gasteiger partial charge in [0, 0.05) is 44.8 Å². The van der Waals surface area contributed by atoms with Crippen molar-refractivity contribution in [2.45, 2.75) is 45.7 Å². The minimum Gasteiger partial charge on any atom is -0.352 e. The molecule has 1 amide bonds. The monoisotopic (exact) mass is 364 g/mol. The van der Waals surface area contributed by atoms with Gasteiger partial charge in [-0.1, -0.05) is 20.3 Å². The van der Waals surface area contributed by atoms with Gasteiger partial charge in [0.15, 0.2) is 0 Å². The number of hydrogen-bond donors (Lipinski definition) is 1. The molecule has 2 heterocycles. The summed E-state index contributed by atoms with van der Waals surface area (Å²) >= 11 is 0. The van der Waals surface area contributed by atoms with E-state index in [2.05, 4.69) is 30.1 Å². The van der Waals surface area contributed by atoms with Crippen molar-refractivity contribution in [3.63, 3.8) is 0 Å². The van der Waals surface area contributed by atoms with Crippen LogP contribution >= 0.6 is 12.4 Å². The second-order valence-electron chi connectivity index (χ2n) is 7.80. The van der Waals surface area contributed by atoms with Crippen LogP contribution in [-0.2, 0) is 18.4 Å². The molecule has 0 aromatic carbocycles. The standard InChI is InChI=1S/C19H28N4O.ClH/c1-13(2)17-11-23(10-14-7-16(8-20)22(3)9-14)12-18(17)21-19(24)15-5-4-6-15;/h7,9,13,15,17-18H,4-6,10-12H2,1-3H3,(H,21,24);1H/t17-,18+;/m1./s1. The first-order valence-corrected chi connectivity index (χ1v) is 9.06. The fraction of sp³-hybridized carbons (Fsp3) is 0.684. The minimum atomic E-state index is 0. The molecule has 138 valence electrons. The Morgan fingerprint density at radius 2 is 2.12 bits per heavy atom. The van der Waals surface area contributed by atoms with Gasteiger partial charge in [-0.15, -0.1) is 12.4 Å². The normalized spacial score (nSPS) is 23.8. The highest BCUT2D eigenvalue weighted by Gasteiger charge is 2.37. The van der Waals surface area contributed by atoms with E-state index >= 15 is 0 Å². The SMILES string of the molecule is CC(C)[C@H]1CN(Cc2cc(C#N)n(C)c2)C[C@@H]1NC(=O)C1CCC1.Cl. The molecule has 25 heavy (non-hydrogen) atoms. The topological polar surface area (TPSA) is 61.1 Å². The maximum absolute atomic E-state index is 12.3. The van der Waals surface area contributed by atoms with Crippen molar-refractivity contribution in [3.05, 3.63) is 23.5 Å². The highest BCUT2D eigenvalue weighted by atomic mass is 35.5. The summed E-state index contributed by atoms with van der Waals surface area (Å²) in [7, 11) is 1.91. The Balaban J connectivity index is 0.00000225. The van der Waals surface area contributed by atoms with Crippen LogP contribution in [0.4, 0.5) is 0 Å². The third-order valence-corrected chi connectivity index (χ3v) is 5.68. The summed E-state index contributed by atoms with van der Waals surface area (Å²) in [4.78, 5) is 14.7. The molecule has 1 saturated carbocycles. The molecule has 2 fully saturated rings. The summed E-state index contributed by atoms with van der Waals surface area (Å²) in [6.07, 6.45) is 5.33. The molecule has 1 N–H and O–H groups in total. The second kappa shape index (κ2) is 8.25. The van der Waals surface area contributed by atoms with E-state index in [4.69, 9.17) is 5.26 Å². The lowest BCUT2D eigenvalue weighted by atomic mass is 9.84. The smallest absolute Gasteiger partial charge is 0.223 e. The number of amides is 1. The molecule has 3 rings (SSSR count). The van der Waals surface area contributed by atoms with E-state index in [1.54, 1.807) is 0 Å². The number of carbonyl (C=O) groups is 1. The van der Waals surface area contributed by atoms with Gasteiger partial charge in [0.1, 0.15) is 11.8 Å². The molecule has 0 radical (unpaired) electrons. The number of nitrogens with one attached hydrogen (secondary N) is 1. The van der Waals surface area contributed by atoms with Gasteiger partial charge in [-0.05, 0) is 36.3 Å². The van der Waals surface area contributed by atoms with Gasteiger partial charge >= 0.3 is 0 Å². The molecule has 1 aliphatic heterocycles. The quantitative estimate of drug-likeness (QED) is 0.873. The maximum Gasteiger partial charge on any atom is 0.223 e. The highest BCUT2D eigenvalue weighted by Crippen LogP contribution is 2.29. The molecule has 1 saturated heterocycles. The molecule has 2 aliphatic rings. The zero-order valence-corrected chi connectivity index (χ0v) is 16.2. The Morgan fingerprint density at radius 3 is 2.64 bits per heavy atom. The van der Waals surface area contributed by atoms with Gasteiger partial charge < -0.3 is 9.88 Å². The Bertz CT molecular complexity index is 644. The average Bonchev–Trinajstić information content (AvgIpc) is 3.00. The first-order chi connectivity index (χ1) is 11.5. The highest BCUT2D eigenvalue weighted by molar-refractivity contribution is 5.85. The molecule has 0 unspecified atom stereocenters. The number of aromatic nitrogens is 1. The number of halogens is 1. The van der Waals surface area contributed by atoms with E-state index in [0.717, 1.165) is 32.5 Å². The lowest BCUT2D eigenvalue weighted by Crippen LogP contribution is -2.45. The van der Waals surface area contributed by atoms with Crippen molar-refractivity contribution in [1.29, 1.82) is 5.26 Å². The van der Waals surface area contributed by atoms with Crippen molar-refractivity contribution in [2.75, 3.05) is 13.1 Å². The summed E-state index contributed by atoms with van der Waals surface area (Å²) in [5, 5.41) is 12.4. The van der Waals surface area contributed by atoms with Crippen LogP contribution in [0.5, 0.6) is 0 Å². The molecule has 5 nitrogen and oxygen atoms in total. The van der Waals surface area contributed by atoms with Crippen molar-refractivity contribution in [3.8, 4) is 6.07 Å². The first-order valence-electron chi connectivity index (χ1n) is 9.06. The Kier molecular flexibility index (Phi) is 6.53. The second-order valence-corrected chi connectivity index (χ2v) is 7.80. The van der Waals surface area contributed by atoms with E-state index in [9.17, 15) is 4.79 Å². The van der Waals surface area contributed by atoms with Crippen LogP contribution in [0, 0.1) is 29.1 Å². The molecule has 2 atom stereocenters. The van der Waals surface area contributed by atoms with Crippen LogP contribution in [-0.4, -0.2) is 34.5 Å². The summed E-state index contributed by atoms with van der Waals surface area (Å²) in [6, 6.07) is 4.43. The minimum absolute atomic E-state index is 0. The molecule has 6 heteroatoms. The maximum atomic E-state index is 12.3. The van der Waals surface area contributed by atoms with Crippen molar-refractivity contribution >= 4 is 18.3 Å². The van der Waals surface area contributed by atoms with Gasteiger partial charge in [-0.3, -0.25) is 9.69 Å². The lowest BCUT2D eigenvalue weighted by molar-refractivity contribution is -0.128. The van der Waals surface area contributed by atoms with E-state index in [1.807, 2.05) is 23.9 Å². The zero-order valence-electron chi connectivity index (χ0n) is 15.4. The number of nitrogens with zero attached hydrogens (tertiary/aromatic N) is 3. The molecular weight excluding hydrogens is 336 g/mol. The number of nitriles is 1. The third kappa shape index (κ3) is 4.37. The Morgan fingerprint density at radius 1 is 1.40 bits per heavy atom. The molecule has 0 bridgehead atoms. The summed E-state index contributed by atoms with van der Waals surface area (Å²) in [5.74, 6) is 1.55. The number of aryl methyl sites for hydroxylation is 1. The van der Waals surface area contributed by atoms with Crippen LogP contribution in [0.2, 0.25) is 0 Å². The number of hydrogen-bond acceptors (Lipinski definition) is 3. The van der Waals surface area contributed by atoms with Gasteiger partial charge in [0.05, 0.1) is 0 Å². The summed E-state index contributed by atoms with van der Waals surface area (Å²) in [5.41, 5.74) is 1.86. The average molecular weight is 365 g/mol. The van der Waals surface area contributed by atoms with Crippen molar-refractivity contribution in [1.82, 2.24) is 14.8 Å². The Labute approximate surface area is 156 Å². The van der Waals surface area contributed by atoms with Gasteiger partial charge in [0.2, 0.25) is 5.91 Å². The Hall–Kier alpha value is -1.51. The van der Waals surface area contributed by atoms with Crippen LogP contribution in [0.3, 0.4) is 0 Å².